The molecule has 0 aliphatic carbocycles. The van der Waals surface area contributed by atoms with Gasteiger partial charge in [0.15, 0.2) is 5.69 Å². The van der Waals surface area contributed by atoms with Crippen LogP contribution in [0.5, 0.6) is 5.75 Å². The molecule has 0 fully saturated rings. The fourth-order valence-corrected chi connectivity index (χ4v) is 1.50. The summed E-state index contributed by atoms with van der Waals surface area (Å²) in [6, 6.07) is 6.32. The van der Waals surface area contributed by atoms with Crippen LogP contribution in [0.4, 0.5) is 0 Å². The average molecular weight is 218 g/mol. The standard InChI is InChI=1S/C11H10N2O3/c1-13-6-9(10(12-13)11(15)16)7-2-4-8(14)5-3-7/h2-6,14H,1H3,(H,15,16). The van der Waals surface area contributed by atoms with Crippen molar-refractivity contribution in [3.63, 3.8) is 0 Å². The molecule has 5 nitrogen and oxygen atoms in total. The van der Waals surface area contributed by atoms with Gasteiger partial charge in [-0.15, -0.1) is 0 Å². The number of rotatable bonds is 2. The molecule has 16 heavy (non-hydrogen) atoms. The molecule has 0 radical (unpaired) electrons. The van der Waals surface area contributed by atoms with Crippen LogP contribution in [0.1, 0.15) is 10.5 Å². The lowest BCUT2D eigenvalue weighted by atomic mass is 10.1. The number of aryl methyl sites for hydroxylation is 1. The smallest absolute Gasteiger partial charge is 0.357 e. The summed E-state index contributed by atoms with van der Waals surface area (Å²) in [4.78, 5) is 11.0. The second-order valence-electron chi connectivity index (χ2n) is 3.42. The maximum Gasteiger partial charge on any atom is 0.357 e. The number of carboxylic acids is 1. The zero-order valence-corrected chi connectivity index (χ0v) is 8.58. The number of aromatic nitrogens is 2. The zero-order valence-electron chi connectivity index (χ0n) is 8.58. The van der Waals surface area contributed by atoms with Gasteiger partial charge in [0.1, 0.15) is 5.75 Å². The van der Waals surface area contributed by atoms with E-state index < -0.39 is 5.97 Å². The molecular formula is C11H10N2O3. The molecule has 0 saturated carbocycles. The Bertz CT molecular complexity index is 529. The van der Waals surface area contributed by atoms with Crippen molar-refractivity contribution >= 4 is 5.97 Å². The maximum absolute atomic E-state index is 11.0. The van der Waals surface area contributed by atoms with Gasteiger partial charge in [0.2, 0.25) is 0 Å². The van der Waals surface area contributed by atoms with Gasteiger partial charge >= 0.3 is 5.97 Å². The normalized spacial score (nSPS) is 10.3. The van der Waals surface area contributed by atoms with Gasteiger partial charge in [0.25, 0.3) is 0 Å². The van der Waals surface area contributed by atoms with Crippen molar-refractivity contribution in [1.29, 1.82) is 0 Å². The first-order valence-electron chi connectivity index (χ1n) is 4.64. The highest BCUT2D eigenvalue weighted by atomic mass is 16.4. The van der Waals surface area contributed by atoms with E-state index >= 15 is 0 Å². The third-order valence-corrected chi connectivity index (χ3v) is 2.21. The number of aromatic hydroxyl groups is 1. The molecule has 0 aliphatic heterocycles. The van der Waals surface area contributed by atoms with Crippen molar-refractivity contribution in [1.82, 2.24) is 9.78 Å². The Morgan fingerprint density at radius 3 is 2.50 bits per heavy atom. The Morgan fingerprint density at radius 1 is 1.31 bits per heavy atom. The molecule has 0 aliphatic rings. The highest BCUT2D eigenvalue weighted by Gasteiger charge is 2.15. The summed E-state index contributed by atoms with van der Waals surface area (Å²) in [6.45, 7) is 0. The van der Waals surface area contributed by atoms with Gasteiger partial charge in [0.05, 0.1) is 0 Å². The minimum Gasteiger partial charge on any atom is -0.508 e. The molecule has 1 aromatic carbocycles. The summed E-state index contributed by atoms with van der Waals surface area (Å²) >= 11 is 0. The minimum absolute atomic E-state index is 0.00758. The van der Waals surface area contributed by atoms with Gasteiger partial charge in [-0.25, -0.2) is 4.79 Å². The summed E-state index contributed by atoms with van der Waals surface area (Å²) in [7, 11) is 1.66. The van der Waals surface area contributed by atoms with E-state index in [0.29, 0.717) is 11.1 Å². The highest BCUT2D eigenvalue weighted by molar-refractivity contribution is 5.93. The number of phenols is 1. The number of carboxylic acid groups (broad SMARTS) is 1. The number of hydrogen-bond acceptors (Lipinski definition) is 3. The largest absolute Gasteiger partial charge is 0.508 e. The number of carbonyl (C=O) groups is 1. The van der Waals surface area contributed by atoms with E-state index in [1.165, 1.54) is 16.8 Å². The predicted octanol–water partition coefficient (Wildman–Crippen LogP) is 1.49. The number of benzene rings is 1. The van der Waals surface area contributed by atoms with E-state index in [0.717, 1.165) is 0 Å². The van der Waals surface area contributed by atoms with Crippen molar-refractivity contribution in [3.05, 3.63) is 36.2 Å². The summed E-state index contributed by atoms with van der Waals surface area (Å²) < 4.78 is 1.45. The van der Waals surface area contributed by atoms with Crippen LogP contribution in [0.25, 0.3) is 11.1 Å². The Kier molecular flexibility index (Phi) is 2.36. The summed E-state index contributed by atoms with van der Waals surface area (Å²) in [6.07, 6.45) is 1.63. The van der Waals surface area contributed by atoms with Crippen LogP contribution in [0, 0.1) is 0 Å². The maximum atomic E-state index is 11.0. The summed E-state index contributed by atoms with van der Waals surface area (Å²) in [5.41, 5.74) is 1.26. The lowest BCUT2D eigenvalue weighted by Crippen LogP contribution is -2.00. The van der Waals surface area contributed by atoms with Gasteiger partial charge in [-0.05, 0) is 17.7 Å². The molecule has 2 N–H and O–H groups in total. The van der Waals surface area contributed by atoms with Gasteiger partial charge in [-0.3, -0.25) is 4.68 Å². The Balaban J connectivity index is 2.55. The highest BCUT2D eigenvalue weighted by Crippen LogP contribution is 2.24. The van der Waals surface area contributed by atoms with Crippen LogP contribution in [0.15, 0.2) is 30.5 Å². The van der Waals surface area contributed by atoms with E-state index in [1.54, 1.807) is 25.4 Å². The Morgan fingerprint density at radius 2 is 1.94 bits per heavy atom. The second kappa shape index (κ2) is 3.69. The van der Waals surface area contributed by atoms with Crippen LogP contribution < -0.4 is 0 Å². The Hall–Kier alpha value is -2.30. The molecule has 1 heterocycles. The van der Waals surface area contributed by atoms with E-state index in [-0.39, 0.29) is 11.4 Å². The molecule has 0 saturated heterocycles. The molecule has 82 valence electrons. The van der Waals surface area contributed by atoms with Crippen molar-refractivity contribution in [2.75, 3.05) is 0 Å². The molecule has 2 aromatic rings. The van der Waals surface area contributed by atoms with Crippen LogP contribution in [-0.4, -0.2) is 26.0 Å². The third kappa shape index (κ3) is 1.75. The lowest BCUT2D eigenvalue weighted by molar-refractivity contribution is 0.0690. The summed E-state index contributed by atoms with van der Waals surface area (Å²) in [5.74, 6) is -0.923. The van der Waals surface area contributed by atoms with Crippen LogP contribution in [-0.2, 0) is 7.05 Å². The molecule has 0 bridgehead atoms. The number of nitrogens with zero attached hydrogens (tertiary/aromatic N) is 2. The van der Waals surface area contributed by atoms with Crippen molar-refractivity contribution < 1.29 is 15.0 Å². The summed E-state index contributed by atoms with van der Waals surface area (Å²) in [5, 5.41) is 22.0. The predicted molar refractivity (Wildman–Crippen MR) is 57.3 cm³/mol. The first-order chi connectivity index (χ1) is 7.58. The van der Waals surface area contributed by atoms with Crippen LogP contribution in [0.3, 0.4) is 0 Å². The fraction of sp³-hybridized carbons (Fsp3) is 0.0909. The quantitative estimate of drug-likeness (QED) is 0.800. The monoisotopic (exact) mass is 218 g/mol. The van der Waals surface area contributed by atoms with Crippen molar-refractivity contribution in [3.8, 4) is 16.9 Å². The SMILES string of the molecule is Cn1cc(-c2ccc(O)cc2)c(C(=O)O)n1. The average Bonchev–Trinajstić information content (AvgIpc) is 2.61. The lowest BCUT2D eigenvalue weighted by Gasteiger charge is -1.98. The van der Waals surface area contributed by atoms with Gasteiger partial charge in [-0.2, -0.15) is 5.10 Å². The molecule has 0 atom stereocenters. The van der Waals surface area contributed by atoms with Gasteiger partial charge in [-0.1, -0.05) is 12.1 Å². The molecule has 0 unspecified atom stereocenters. The third-order valence-electron chi connectivity index (χ3n) is 2.21. The van der Waals surface area contributed by atoms with Gasteiger partial charge in [0, 0.05) is 18.8 Å². The van der Waals surface area contributed by atoms with E-state index in [4.69, 9.17) is 10.2 Å². The zero-order chi connectivity index (χ0) is 11.7. The molecule has 0 amide bonds. The topological polar surface area (TPSA) is 75.4 Å². The molecular weight excluding hydrogens is 208 g/mol. The second-order valence-corrected chi connectivity index (χ2v) is 3.42. The first kappa shape index (κ1) is 10.2. The molecule has 2 rings (SSSR count). The molecule has 0 spiro atoms. The van der Waals surface area contributed by atoms with E-state index in [1.807, 2.05) is 0 Å². The van der Waals surface area contributed by atoms with Crippen molar-refractivity contribution in [2.24, 2.45) is 7.05 Å². The van der Waals surface area contributed by atoms with E-state index in [9.17, 15) is 4.79 Å². The fourth-order valence-electron chi connectivity index (χ4n) is 1.50. The Labute approximate surface area is 91.6 Å². The number of aromatic carboxylic acids is 1. The molecule has 5 heteroatoms. The number of hydrogen-bond donors (Lipinski definition) is 2. The number of phenolic OH excluding ortho intramolecular Hbond substituents is 1. The van der Waals surface area contributed by atoms with Crippen molar-refractivity contribution in [2.45, 2.75) is 0 Å². The van der Waals surface area contributed by atoms with E-state index in [2.05, 4.69) is 5.10 Å². The van der Waals surface area contributed by atoms with Crippen LogP contribution in [0.2, 0.25) is 0 Å². The first-order valence-corrected chi connectivity index (χ1v) is 4.64. The molecule has 1 aromatic heterocycles. The minimum atomic E-state index is -1.07. The van der Waals surface area contributed by atoms with Crippen LogP contribution >= 0.6 is 0 Å². The van der Waals surface area contributed by atoms with Gasteiger partial charge < -0.3 is 10.2 Å².